The quantitative estimate of drug-likeness (QED) is 0.438. The lowest BCUT2D eigenvalue weighted by atomic mass is 9.63. The summed E-state index contributed by atoms with van der Waals surface area (Å²) in [6.45, 7) is 0. The van der Waals surface area contributed by atoms with Crippen molar-refractivity contribution < 1.29 is 4.79 Å². The van der Waals surface area contributed by atoms with Crippen molar-refractivity contribution in [3.05, 3.63) is 143 Å². The van der Waals surface area contributed by atoms with Gasteiger partial charge in [0.1, 0.15) is 0 Å². The summed E-state index contributed by atoms with van der Waals surface area (Å²) < 4.78 is 0. The number of hydrogen-bond acceptors (Lipinski definition) is 1. The van der Waals surface area contributed by atoms with Gasteiger partial charge in [-0.3, -0.25) is 4.79 Å². The fourth-order valence-corrected chi connectivity index (χ4v) is 4.81. The van der Waals surface area contributed by atoms with Crippen LogP contribution in [0.1, 0.15) is 38.5 Å². The van der Waals surface area contributed by atoms with E-state index >= 15 is 0 Å². The number of fused-ring (bicyclic) bond motifs is 1. The average molecular weight is 360 g/mol. The van der Waals surface area contributed by atoms with Gasteiger partial charge >= 0.3 is 0 Å². The standard InChI is InChI=1S/C27H20O/c28-26-23-18-10-11-19-24(23)27(21-14-6-2-7-15-21,22-16-8-3-9-17-22)25(26)20-12-4-1-5-13-20/h1-19,25H. The van der Waals surface area contributed by atoms with Gasteiger partial charge in [-0.05, 0) is 22.3 Å². The summed E-state index contributed by atoms with van der Waals surface area (Å²) in [5.74, 6) is -0.106. The minimum Gasteiger partial charge on any atom is -0.293 e. The molecule has 0 bridgehead atoms. The third-order valence-corrected chi connectivity index (χ3v) is 5.90. The highest BCUT2D eigenvalue weighted by atomic mass is 16.1. The lowest BCUT2D eigenvalue weighted by molar-refractivity contribution is 0.0957. The molecule has 0 N–H and O–H groups in total. The zero-order chi connectivity index (χ0) is 19.0. The normalized spacial score (nSPS) is 17.3. The van der Waals surface area contributed by atoms with Gasteiger partial charge in [0.15, 0.2) is 5.78 Å². The minimum atomic E-state index is -0.544. The first-order chi connectivity index (χ1) is 13.8. The van der Waals surface area contributed by atoms with Crippen LogP contribution in [-0.2, 0) is 5.41 Å². The summed E-state index contributed by atoms with van der Waals surface area (Å²) in [7, 11) is 0. The zero-order valence-corrected chi connectivity index (χ0v) is 15.5. The molecule has 0 saturated heterocycles. The number of hydrogen-bond donors (Lipinski definition) is 0. The Morgan fingerprint density at radius 3 is 1.57 bits per heavy atom. The molecule has 4 aromatic rings. The predicted octanol–water partition coefficient (Wildman–Crippen LogP) is 6.00. The Balaban J connectivity index is 1.93. The second-order valence-corrected chi connectivity index (χ2v) is 7.29. The van der Waals surface area contributed by atoms with Crippen LogP contribution in [0.5, 0.6) is 0 Å². The van der Waals surface area contributed by atoms with Crippen LogP contribution in [0.25, 0.3) is 0 Å². The van der Waals surface area contributed by atoms with Gasteiger partial charge in [-0.2, -0.15) is 0 Å². The van der Waals surface area contributed by atoms with Crippen LogP contribution in [0.3, 0.4) is 0 Å². The van der Waals surface area contributed by atoms with Gasteiger partial charge in [0, 0.05) is 5.56 Å². The van der Waals surface area contributed by atoms with Crippen LogP contribution in [-0.4, -0.2) is 5.78 Å². The van der Waals surface area contributed by atoms with E-state index in [1.165, 1.54) is 0 Å². The van der Waals surface area contributed by atoms with E-state index in [2.05, 4.69) is 66.7 Å². The largest absolute Gasteiger partial charge is 0.293 e. The summed E-state index contributed by atoms with van der Waals surface area (Å²) in [6.07, 6.45) is 0. The number of carbonyl (C=O) groups excluding carboxylic acids is 1. The number of ketones is 1. The maximum Gasteiger partial charge on any atom is 0.172 e. The lowest BCUT2D eigenvalue weighted by Gasteiger charge is -2.37. The highest BCUT2D eigenvalue weighted by Gasteiger charge is 2.54. The average Bonchev–Trinajstić information content (AvgIpc) is 3.05. The molecule has 1 aliphatic carbocycles. The van der Waals surface area contributed by atoms with E-state index in [1.54, 1.807) is 0 Å². The first-order valence-electron chi connectivity index (χ1n) is 9.63. The predicted molar refractivity (Wildman–Crippen MR) is 113 cm³/mol. The summed E-state index contributed by atoms with van der Waals surface area (Å²) in [5, 5.41) is 0. The summed E-state index contributed by atoms with van der Waals surface area (Å²) in [4.78, 5) is 13.8. The molecular formula is C27H20O. The number of rotatable bonds is 3. The van der Waals surface area contributed by atoms with Crippen molar-refractivity contribution in [1.82, 2.24) is 0 Å². The van der Waals surface area contributed by atoms with Gasteiger partial charge in [-0.1, -0.05) is 115 Å². The second-order valence-electron chi connectivity index (χ2n) is 7.29. The molecule has 1 nitrogen and oxygen atoms in total. The van der Waals surface area contributed by atoms with Crippen LogP contribution < -0.4 is 0 Å². The zero-order valence-electron chi connectivity index (χ0n) is 15.5. The van der Waals surface area contributed by atoms with E-state index in [9.17, 15) is 4.79 Å². The van der Waals surface area contributed by atoms with Crippen LogP contribution >= 0.6 is 0 Å². The van der Waals surface area contributed by atoms with Crippen molar-refractivity contribution >= 4 is 5.78 Å². The van der Waals surface area contributed by atoms with Crippen LogP contribution in [0.2, 0.25) is 0 Å². The molecule has 4 aromatic carbocycles. The Morgan fingerprint density at radius 1 is 0.536 bits per heavy atom. The molecule has 0 spiro atoms. The van der Waals surface area contributed by atoms with E-state index in [1.807, 2.05) is 48.5 Å². The lowest BCUT2D eigenvalue weighted by Crippen LogP contribution is -2.34. The fourth-order valence-electron chi connectivity index (χ4n) is 4.81. The fraction of sp³-hybridized carbons (Fsp3) is 0.0741. The topological polar surface area (TPSA) is 17.1 Å². The first kappa shape index (κ1) is 16.7. The van der Waals surface area contributed by atoms with Gasteiger partial charge in [-0.25, -0.2) is 0 Å². The van der Waals surface area contributed by atoms with Crippen LogP contribution in [0, 0.1) is 0 Å². The van der Waals surface area contributed by atoms with Crippen LogP contribution in [0.4, 0.5) is 0 Å². The Labute approximate surface area is 165 Å². The van der Waals surface area contributed by atoms with Gasteiger partial charge < -0.3 is 0 Å². The maximum atomic E-state index is 13.8. The number of benzene rings is 4. The van der Waals surface area contributed by atoms with Crippen molar-refractivity contribution in [2.24, 2.45) is 0 Å². The molecule has 5 rings (SSSR count). The second kappa shape index (κ2) is 6.61. The SMILES string of the molecule is O=C1c2ccccc2C(c2ccccc2)(c2ccccc2)C1c1ccccc1. The molecule has 28 heavy (non-hydrogen) atoms. The van der Waals surface area contributed by atoms with Gasteiger partial charge in [0.2, 0.25) is 0 Å². The summed E-state index contributed by atoms with van der Waals surface area (Å²) in [5.41, 5.74) is 4.71. The molecule has 0 saturated carbocycles. The van der Waals surface area contributed by atoms with Crippen molar-refractivity contribution in [2.45, 2.75) is 11.3 Å². The van der Waals surface area contributed by atoms with Crippen molar-refractivity contribution in [1.29, 1.82) is 0 Å². The Morgan fingerprint density at radius 2 is 1.00 bits per heavy atom. The van der Waals surface area contributed by atoms with E-state index in [-0.39, 0.29) is 11.7 Å². The minimum absolute atomic E-state index is 0.189. The van der Waals surface area contributed by atoms with Gasteiger partial charge in [0.25, 0.3) is 0 Å². The molecule has 0 amide bonds. The molecule has 1 aliphatic rings. The highest BCUT2D eigenvalue weighted by Crippen LogP contribution is 2.56. The Kier molecular flexibility index (Phi) is 3.95. The first-order valence-corrected chi connectivity index (χ1v) is 9.63. The van der Waals surface area contributed by atoms with Crippen molar-refractivity contribution in [3.63, 3.8) is 0 Å². The van der Waals surface area contributed by atoms with Crippen molar-refractivity contribution in [2.75, 3.05) is 0 Å². The monoisotopic (exact) mass is 360 g/mol. The van der Waals surface area contributed by atoms with E-state index in [0.717, 1.165) is 27.8 Å². The molecule has 1 unspecified atom stereocenters. The molecule has 0 radical (unpaired) electrons. The van der Waals surface area contributed by atoms with Crippen LogP contribution in [0.15, 0.2) is 115 Å². The van der Waals surface area contributed by atoms with E-state index < -0.39 is 5.41 Å². The third kappa shape index (κ3) is 2.30. The van der Waals surface area contributed by atoms with Gasteiger partial charge in [-0.15, -0.1) is 0 Å². The molecular weight excluding hydrogens is 340 g/mol. The Bertz CT molecular complexity index is 1080. The maximum absolute atomic E-state index is 13.8. The molecule has 0 heterocycles. The molecule has 134 valence electrons. The molecule has 0 aliphatic heterocycles. The highest BCUT2D eigenvalue weighted by molar-refractivity contribution is 6.09. The molecule has 0 fully saturated rings. The third-order valence-electron chi connectivity index (χ3n) is 5.90. The Hall–Kier alpha value is -3.45. The molecule has 0 aromatic heterocycles. The van der Waals surface area contributed by atoms with Crippen molar-refractivity contribution in [3.8, 4) is 0 Å². The van der Waals surface area contributed by atoms with Gasteiger partial charge in [0.05, 0.1) is 11.3 Å². The number of carbonyl (C=O) groups is 1. The number of Topliss-reactive ketones (excluding diaryl/α,β-unsaturated/α-hetero) is 1. The summed E-state index contributed by atoms with van der Waals surface area (Å²) in [6, 6.07) is 39.2. The molecule has 1 atom stereocenters. The van der Waals surface area contributed by atoms with E-state index in [0.29, 0.717) is 0 Å². The molecule has 1 heteroatoms. The smallest absolute Gasteiger partial charge is 0.172 e. The van der Waals surface area contributed by atoms with E-state index in [4.69, 9.17) is 0 Å². The summed E-state index contributed by atoms with van der Waals surface area (Å²) >= 11 is 0.